The van der Waals surface area contributed by atoms with E-state index in [9.17, 15) is 4.79 Å². The summed E-state index contributed by atoms with van der Waals surface area (Å²) in [6, 6.07) is 7.88. The molecule has 134 valence electrons. The van der Waals surface area contributed by atoms with Gasteiger partial charge in [0.1, 0.15) is 18.3 Å². The Hall–Kier alpha value is -1.79. The Kier molecular flexibility index (Phi) is 6.87. The first-order valence-electron chi connectivity index (χ1n) is 8.41. The second-order valence-electron chi connectivity index (χ2n) is 6.87. The van der Waals surface area contributed by atoms with Crippen LogP contribution >= 0.6 is 0 Å². The Bertz CT molecular complexity index is 510. The van der Waals surface area contributed by atoms with E-state index >= 15 is 0 Å². The summed E-state index contributed by atoms with van der Waals surface area (Å²) in [6.07, 6.45) is 0.156. The van der Waals surface area contributed by atoms with Crippen LogP contribution < -0.4 is 14.8 Å². The Morgan fingerprint density at radius 1 is 1.25 bits per heavy atom. The van der Waals surface area contributed by atoms with Crippen LogP contribution in [0.15, 0.2) is 24.3 Å². The number of fused-ring (bicyclic) bond motifs is 1. The maximum Gasteiger partial charge on any atom is 0.293 e. The summed E-state index contributed by atoms with van der Waals surface area (Å²) < 4.78 is 16.2. The molecule has 0 radical (unpaired) electrons. The number of benzene rings is 1. The fourth-order valence-electron chi connectivity index (χ4n) is 2.48. The van der Waals surface area contributed by atoms with Crippen molar-refractivity contribution in [1.82, 2.24) is 10.2 Å². The van der Waals surface area contributed by atoms with Gasteiger partial charge < -0.3 is 19.5 Å². The number of nitrogens with one attached hydrogen (secondary N) is 1. The minimum Gasteiger partial charge on any atom is -0.486 e. The average Bonchev–Trinajstić information content (AvgIpc) is 2.55. The molecule has 0 unspecified atom stereocenters. The molecule has 0 amide bonds. The van der Waals surface area contributed by atoms with Crippen molar-refractivity contribution in [3.05, 3.63) is 24.3 Å². The number of carbonyl (C=O) groups excluding carboxylic acids is 1. The van der Waals surface area contributed by atoms with Gasteiger partial charge in [0.25, 0.3) is 6.47 Å². The molecule has 24 heavy (non-hydrogen) atoms. The van der Waals surface area contributed by atoms with Crippen LogP contribution in [0.2, 0.25) is 0 Å². The summed E-state index contributed by atoms with van der Waals surface area (Å²) in [7, 11) is 0. The maximum absolute atomic E-state index is 9.60. The molecule has 3 rings (SSSR count). The van der Waals surface area contributed by atoms with Crippen LogP contribution in [0.1, 0.15) is 20.8 Å². The molecule has 6 heteroatoms. The number of hydrogen-bond acceptors (Lipinski definition) is 6. The van der Waals surface area contributed by atoms with Crippen molar-refractivity contribution in [2.24, 2.45) is 0 Å². The van der Waals surface area contributed by atoms with Gasteiger partial charge in [-0.2, -0.15) is 0 Å². The van der Waals surface area contributed by atoms with Crippen molar-refractivity contribution >= 4 is 6.47 Å². The molecule has 0 aromatic heterocycles. The molecule has 6 nitrogen and oxygen atoms in total. The number of carbonyl (C=O) groups is 1. The zero-order valence-corrected chi connectivity index (χ0v) is 14.8. The number of rotatable bonds is 3. The van der Waals surface area contributed by atoms with E-state index in [0.717, 1.165) is 44.2 Å². The molecule has 2 aliphatic rings. The average molecular weight is 336 g/mol. The molecule has 0 saturated carbocycles. The lowest BCUT2D eigenvalue weighted by Crippen LogP contribution is -2.49. The Balaban J connectivity index is 0.000000256. The predicted octanol–water partition coefficient (Wildman–Crippen LogP) is 1.69. The topological polar surface area (TPSA) is 60.0 Å². The lowest BCUT2D eigenvalue weighted by Gasteiger charge is -2.33. The largest absolute Gasteiger partial charge is 0.486 e. The Morgan fingerprint density at radius 2 is 1.92 bits per heavy atom. The Morgan fingerprint density at radius 3 is 2.50 bits per heavy atom. The first-order chi connectivity index (χ1) is 11.5. The molecule has 1 saturated heterocycles. The molecule has 2 heterocycles. The van der Waals surface area contributed by atoms with E-state index in [0.29, 0.717) is 13.1 Å². The van der Waals surface area contributed by atoms with E-state index in [4.69, 9.17) is 9.47 Å². The third-order valence-corrected chi connectivity index (χ3v) is 3.64. The predicted molar refractivity (Wildman–Crippen MR) is 92.6 cm³/mol. The zero-order chi connectivity index (χ0) is 17.4. The number of para-hydroxylation sites is 2. The standard InChI is InChI=1S/C13H18N2O2.C5H10O2/c1-2-4-13-12(3-1)16-10-11(17-13)9-15-7-5-14-6-8-15;1-5(2,3)7-4-6/h1-4,11,14H,5-10H2;4H,1-3H3/t11-;/m0./s1. The Labute approximate surface area is 144 Å². The van der Waals surface area contributed by atoms with E-state index in [1.165, 1.54) is 0 Å². The van der Waals surface area contributed by atoms with Gasteiger partial charge in [0.15, 0.2) is 11.5 Å². The molecule has 0 aliphatic carbocycles. The van der Waals surface area contributed by atoms with Crippen LogP contribution in [0.25, 0.3) is 0 Å². The second kappa shape index (κ2) is 8.89. The second-order valence-corrected chi connectivity index (χ2v) is 6.87. The monoisotopic (exact) mass is 336 g/mol. The summed E-state index contributed by atoms with van der Waals surface area (Å²) >= 11 is 0. The van der Waals surface area contributed by atoms with Crippen LogP contribution in [-0.4, -0.2) is 62.4 Å². The van der Waals surface area contributed by atoms with E-state index in [1.807, 2.05) is 45.0 Å². The summed E-state index contributed by atoms with van der Waals surface area (Å²) in [5, 5.41) is 3.35. The number of piperazine rings is 1. The molecular weight excluding hydrogens is 308 g/mol. The lowest BCUT2D eigenvalue weighted by molar-refractivity contribution is -0.138. The number of nitrogens with zero attached hydrogens (tertiary/aromatic N) is 1. The van der Waals surface area contributed by atoms with Gasteiger partial charge in [-0.05, 0) is 32.9 Å². The van der Waals surface area contributed by atoms with Crippen LogP contribution in [-0.2, 0) is 9.53 Å². The molecule has 1 fully saturated rings. The highest BCUT2D eigenvalue weighted by Gasteiger charge is 2.23. The highest BCUT2D eigenvalue weighted by Crippen LogP contribution is 2.30. The van der Waals surface area contributed by atoms with Crippen molar-refractivity contribution in [1.29, 1.82) is 0 Å². The van der Waals surface area contributed by atoms with E-state index in [2.05, 4.69) is 15.0 Å². The quantitative estimate of drug-likeness (QED) is 0.848. The van der Waals surface area contributed by atoms with E-state index < -0.39 is 0 Å². The summed E-state index contributed by atoms with van der Waals surface area (Å²) in [5.41, 5.74) is -0.318. The third kappa shape index (κ3) is 6.37. The van der Waals surface area contributed by atoms with Gasteiger partial charge in [-0.15, -0.1) is 0 Å². The van der Waals surface area contributed by atoms with Gasteiger partial charge in [-0.1, -0.05) is 12.1 Å². The summed E-state index contributed by atoms with van der Waals surface area (Å²) in [5.74, 6) is 1.74. The van der Waals surface area contributed by atoms with E-state index in [1.54, 1.807) is 0 Å². The summed E-state index contributed by atoms with van der Waals surface area (Å²) in [4.78, 5) is 12.0. The molecule has 1 atom stereocenters. The maximum atomic E-state index is 9.60. The van der Waals surface area contributed by atoms with Gasteiger partial charge in [0.2, 0.25) is 0 Å². The fourth-order valence-corrected chi connectivity index (χ4v) is 2.48. The van der Waals surface area contributed by atoms with Crippen molar-refractivity contribution in [3.8, 4) is 11.5 Å². The summed E-state index contributed by atoms with van der Waals surface area (Å²) in [6.45, 7) is 11.9. The fraction of sp³-hybridized carbons (Fsp3) is 0.611. The van der Waals surface area contributed by atoms with Crippen molar-refractivity contribution in [3.63, 3.8) is 0 Å². The minimum absolute atomic E-state index is 0.156. The SMILES string of the molecule is CC(C)(C)OC=O.c1ccc2c(c1)OC[C@H](CN1CCNCC1)O2. The van der Waals surface area contributed by atoms with Crippen molar-refractivity contribution < 1.29 is 19.0 Å². The highest BCUT2D eigenvalue weighted by molar-refractivity contribution is 5.40. The molecular formula is C18H28N2O4. The van der Waals surface area contributed by atoms with Gasteiger partial charge in [0.05, 0.1) is 0 Å². The third-order valence-electron chi connectivity index (χ3n) is 3.64. The van der Waals surface area contributed by atoms with Crippen molar-refractivity contribution in [2.75, 3.05) is 39.3 Å². The minimum atomic E-state index is -0.318. The first-order valence-corrected chi connectivity index (χ1v) is 8.41. The van der Waals surface area contributed by atoms with Crippen molar-refractivity contribution in [2.45, 2.75) is 32.5 Å². The number of ether oxygens (including phenoxy) is 3. The first kappa shape index (κ1) is 18.5. The van der Waals surface area contributed by atoms with Crippen LogP contribution in [0, 0.1) is 0 Å². The smallest absolute Gasteiger partial charge is 0.293 e. The van der Waals surface area contributed by atoms with Crippen LogP contribution in [0.5, 0.6) is 11.5 Å². The highest BCUT2D eigenvalue weighted by atomic mass is 16.6. The van der Waals surface area contributed by atoms with Gasteiger partial charge in [-0.3, -0.25) is 9.69 Å². The van der Waals surface area contributed by atoms with Gasteiger partial charge in [0, 0.05) is 32.7 Å². The van der Waals surface area contributed by atoms with Gasteiger partial charge >= 0.3 is 0 Å². The van der Waals surface area contributed by atoms with Crippen LogP contribution in [0.3, 0.4) is 0 Å². The molecule has 1 aromatic rings. The molecule has 2 aliphatic heterocycles. The lowest BCUT2D eigenvalue weighted by atomic mass is 10.2. The molecule has 0 spiro atoms. The normalized spacial score (nSPS) is 20.5. The van der Waals surface area contributed by atoms with Gasteiger partial charge in [-0.25, -0.2) is 0 Å². The molecule has 0 bridgehead atoms. The molecule has 1 aromatic carbocycles. The molecule has 1 N–H and O–H groups in total. The zero-order valence-electron chi connectivity index (χ0n) is 14.8. The number of hydrogen-bond donors (Lipinski definition) is 1. The van der Waals surface area contributed by atoms with E-state index in [-0.39, 0.29) is 11.7 Å². The van der Waals surface area contributed by atoms with Crippen LogP contribution in [0.4, 0.5) is 0 Å².